The van der Waals surface area contributed by atoms with Gasteiger partial charge in [-0.2, -0.15) is 13.2 Å². The van der Waals surface area contributed by atoms with Crippen molar-refractivity contribution in [2.24, 2.45) is 0 Å². The Morgan fingerprint density at radius 3 is 2.19 bits per heavy atom. The maximum Gasteiger partial charge on any atom is 0.406 e. The van der Waals surface area contributed by atoms with Gasteiger partial charge in [0.25, 0.3) is 0 Å². The van der Waals surface area contributed by atoms with E-state index in [1.807, 2.05) is 5.32 Å². The van der Waals surface area contributed by atoms with Gasteiger partial charge in [-0.05, 0) is 12.8 Å². The molecule has 1 atom stereocenters. The van der Waals surface area contributed by atoms with Crippen molar-refractivity contribution in [3.05, 3.63) is 0 Å². The molecule has 0 aliphatic rings. The second-order valence-corrected chi connectivity index (χ2v) is 4.31. The normalized spacial score (nSPS) is 12.6. The average molecular weight is 314 g/mol. The average Bonchev–Trinajstić information content (AvgIpc) is 2.31. The summed E-state index contributed by atoms with van der Waals surface area (Å²) in [7, 11) is 0. The Bertz CT molecular complexity index is 387. The number of nitrogens with one attached hydrogen (secondary N) is 1. The van der Waals surface area contributed by atoms with E-state index < -0.39 is 49.6 Å². The summed E-state index contributed by atoms with van der Waals surface area (Å²) < 4.78 is 37.0. The van der Waals surface area contributed by atoms with Crippen molar-refractivity contribution >= 4 is 18.0 Å². The number of urea groups is 1. The van der Waals surface area contributed by atoms with Gasteiger partial charge < -0.3 is 20.4 Å². The molecule has 0 saturated heterocycles. The first kappa shape index (κ1) is 19.0. The van der Waals surface area contributed by atoms with Crippen molar-refractivity contribution in [2.45, 2.75) is 38.4 Å². The number of alkyl halides is 3. The van der Waals surface area contributed by atoms with Crippen LogP contribution in [0.5, 0.6) is 0 Å². The molecule has 0 aliphatic carbocycles. The van der Waals surface area contributed by atoms with E-state index in [4.69, 9.17) is 10.2 Å². The fourth-order valence-electron chi connectivity index (χ4n) is 1.50. The van der Waals surface area contributed by atoms with E-state index in [1.54, 1.807) is 6.92 Å². The minimum atomic E-state index is -4.60. The van der Waals surface area contributed by atoms with E-state index >= 15 is 0 Å². The van der Waals surface area contributed by atoms with Gasteiger partial charge in [-0.15, -0.1) is 0 Å². The molecule has 0 radical (unpaired) electrons. The monoisotopic (exact) mass is 314 g/mol. The predicted molar refractivity (Wildman–Crippen MR) is 64.7 cm³/mol. The quantitative estimate of drug-likeness (QED) is 0.626. The summed E-state index contributed by atoms with van der Waals surface area (Å²) in [5, 5.41) is 19.2. The number of carbonyl (C=O) groups is 3. The summed E-state index contributed by atoms with van der Waals surface area (Å²) in [5.41, 5.74) is 0. The highest BCUT2D eigenvalue weighted by Crippen LogP contribution is 2.17. The summed E-state index contributed by atoms with van der Waals surface area (Å²) in [4.78, 5) is 33.4. The first-order chi connectivity index (χ1) is 9.56. The molecule has 7 nitrogen and oxygen atoms in total. The van der Waals surface area contributed by atoms with E-state index in [9.17, 15) is 27.6 Å². The Morgan fingerprint density at radius 2 is 1.81 bits per heavy atom. The van der Waals surface area contributed by atoms with Crippen molar-refractivity contribution < 1.29 is 37.8 Å². The number of carboxylic acids is 2. The number of halogens is 3. The second-order valence-electron chi connectivity index (χ2n) is 4.31. The third-order valence-corrected chi connectivity index (χ3v) is 2.39. The number of aliphatic carboxylic acids is 2. The van der Waals surface area contributed by atoms with Crippen LogP contribution in [0.4, 0.5) is 18.0 Å². The van der Waals surface area contributed by atoms with Crippen molar-refractivity contribution in [1.82, 2.24) is 10.2 Å². The third-order valence-electron chi connectivity index (χ3n) is 2.39. The van der Waals surface area contributed by atoms with Crippen LogP contribution >= 0.6 is 0 Å². The number of hydrogen-bond donors (Lipinski definition) is 3. The molecule has 2 amide bonds. The Morgan fingerprint density at radius 1 is 1.24 bits per heavy atom. The fourth-order valence-corrected chi connectivity index (χ4v) is 1.50. The first-order valence-corrected chi connectivity index (χ1v) is 6.13. The smallest absolute Gasteiger partial charge is 0.406 e. The van der Waals surface area contributed by atoms with Gasteiger partial charge in [0.05, 0.1) is 0 Å². The van der Waals surface area contributed by atoms with Gasteiger partial charge >= 0.3 is 24.1 Å². The van der Waals surface area contributed by atoms with Crippen LogP contribution in [0.1, 0.15) is 26.2 Å². The summed E-state index contributed by atoms with van der Waals surface area (Å²) in [6.07, 6.45) is -5.28. The lowest BCUT2D eigenvalue weighted by Crippen LogP contribution is -2.50. The summed E-state index contributed by atoms with van der Waals surface area (Å²) >= 11 is 0. The van der Waals surface area contributed by atoms with Crippen molar-refractivity contribution in [3.8, 4) is 0 Å². The van der Waals surface area contributed by atoms with Crippen LogP contribution in [0.3, 0.4) is 0 Å². The van der Waals surface area contributed by atoms with Gasteiger partial charge in [0.1, 0.15) is 12.6 Å². The minimum absolute atomic E-state index is 0.198. The number of carboxylic acid groups (broad SMARTS) is 2. The van der Waals surface area contributed by atoms with Gasteiger partial charge in [-0.3, -0.25) is 4.79 Å². The van der Waals surface area contributed by atoms with Crippen LogP contribution in [-0.2, 0) is 9.59 Å². The highest BCUT2D eigenvalue weighted by molar-refractivity contribution is 5.83. The van der Waals surface area contributed by atoms with Crippen molar-refractivity contribution in [3.63, 3.8) is 0 Å². The van der Waals surface area contributed by atoms with Gasteiger partial charge in [0.15, 0.2) is 0 Å². The molecule has 0 spiro atoms. The molecule has 0 aromatic carbocycles. The standard InChI is InChI=1S/C11H17F3N2O5/c1-2-5-16(6-11(12,13)14)10(21)15-7(9(19)20)3-4-8(17)18/h7H,2-6H2,1H3,(H,15,21)(H,17,18)(H,19,20)/t7-/m0/s1. The zero-order valence-electron chi connectivity index (χ0n) is 11.3. The number of hydrogen-bond acceptors (Lipinski definition) is 3. The van der Waals surface area contributed by atoms with Gasteiger partial charge in [-0.1, -0.05) is 6.92 Å². The molecule has 0 fully saturated rings. The van der Waals surface area contributed by atoms with Gasteiger partial charge in [0.2, 0.25) is 0 Å². The lowest BCUT2D eigenvalue weighted by atomic mass is 10.1. The summed E-state index contributed by atoms with van der Waals surface area (Å²) in [6, 6.07) is -2.74. The predicted octanol–water partition coefficient (Wildman–Crippen LogP) is 1.29. The van der Waals surface area contributed by atoms with E-state index in [-0.39, 0.29) is 13.0 Å². The molecular formula is C11H17F3N2O5. The Kier molecular flexibility index (Phi) is 7.53. The Balaban J connectivity index is 4.74. The van der Waals surface area contributed by atoms with E-state index in [2.05, 4.69) is 0 Å². The van der Waals surface area contributed by atoms with Gasteiger partial charge in [-0.25, -0.2) is 9.59 Å². The van der Waals surface area contributed by atoms with E-state index in [1.165, 1.54) is 0 Å². The zero-order valence-corrected chi connectivity index (χ0v) is 11.3. The minimum Gasteiger partial charge on any atom is -0.481 e. The molecule has 21 heavy (non-hydrogen) atoms. The maximum atomic E-state index is 12.3. The zero-order chi connectivity index (χ0) is 16.6. The molecule has 0 aromatic heterocycles. The van der Waals surface area contributed by atoms with Crippen LogP contribution in [0.2, 0.25) is 0 Å². The molecule has 122 valence electrons. The largest absolute Gasteiger partial charge is 0.481 e. The highest BCUT2D eigenvalue weighted by Gasteiger charge is 2.33. The van der Waals surface area contributed by atoms with Crippen molar-refractivity contribution in [2.75, 3.05) is 13.1 Å². The molecule has 0 saturated carbocycles. The molecule has 0 heterocycles. The highest BCUT2D eigenvalue weighted by atomic mass is 19.4. The molecule has 3 N–H and O–H groups in total. The first-order valence-electron chi connectivity index (χ1n) is 6.13. The van der Waals surface area contributed by atoms with E-state index in [0.717, 1.165) is 0 Å². The molecule has 10 heteroatoms. The van der Waals surface area contributed by atoms with Crippen LogP contribution in [0.25, 0.3) is 0 Å². The summed E-state index contributed by atoms with van der Waals surface area (Å²) in [5.74, 6) is -2.77. The van der Waals surface area contributed by atoms with E-state index in [0.29, 0.717) is 4.90 Å². The third kappa shape index (κ3) is 8.71. The van der Waals surface area contributed by atoms with Crippen LogP contribution in [-0.4, -0.2) is 58.4 Å². The molecule has 0 unspecified atom stereocenters. The fraction of sp³-hybridized carbons (Fsp3) is 0.727. The van der Waals surface area contributed by atoms with Crippen LogP contribution in [0.15, 0.2) is 0 Å². The van der Waals surface area contributed by atoms with Gasteiger partial charge in [0, 0.05) is 13.0 Å². The second kappa shape index (κ2) is 8.32. The van der Waals surface area contributed by atoms with Crippen LogP contribution in [0, 0.1) is 0 Å². The summed E-state index contributed by atoms with van der Waals surface area (Å²) in [6.45, 7) is -0.135. The molecular weight excluding hydrogens is 297 g/mol. The lowest BCUT2D eigenvalue weighted by molar-refractivity contribution is -0.141. The number of rotatable bonds is 8. The molecule has 0 rings (SSSR count). The number of amides is 2. The Labute approximate surface area is 118 Å². The SMILES string of the molecule is CCCN(CC(F)(F)F)C(=O)N[C@@H](CCC(=O)O)C(=O)O. The number of nitrogens with zero attached hydrogens (tertiary/aromatic N) is 1. The van der Waals surface area contributed by atoms with Crippen LogP contribution < -0.4 is 5.32 Å². The lowest BCUT2D eigenvalue weighted by Gasteiger charge is -2.25. The molecule has 0 aliphatic heterocycles. The maximum absolute atomic E-state index is 12.3. The Hall–Kier alpha value is -2.00. The van der Waals surface area contributed by atoms with Crippen molar-refractivity contribution in [1.29, 1.82) is 0 Å². The topological polar surface area (TPSA) is 107 Å². The molecule has 0 bridgehead atoms. The number of carbonyl (C=O) groups excluding carboxylic acids is 1. The molecule has 0 aromatic rings.